The Labute approximate surface area is 116 Å². The minimum Gasteiger partial charge on any atom is -0.434 e. The molecule has 108 valence electrons. The predicted octanol–water partition coefficient (Wildman–Crippen LogP) is 1.92. The first kappa shape index (κ1) is 14.4. The van der Waals surface area contributed by atoms with Crippen molar-refractivity contribution in [3.8, 4) is 23.1 Å². The van der Waals surface area contributed by atoms with Crippen LogP contribution in [0.5, 0.6) is 5.75 Å². The summed E-state index contributed by atoms with van der Waals surface area (Å²) in [5.74, 6) is -1.62. The molecular formula is C12H8F3N5O. The molecule has 1 heterocycles. The lowest BCUT2D eigenvalue weighted by Crippen LogP contribution is -2.07. The van der Waals surface area contributed by atoms with E-state index in [-0.39, 0.29) is 34.3 Å². The van der Waals surface area contributed by atoms with Gasteiger partial charge in [0.15, 0.2) is 0 Å². The van der Waals surface area contributed by atoms with Crippen molar-refractivity contribution < 1.29 is 17.9 Å². The van der Waals surface area contributed by atoms with Gasteiger partial charge in [-0.3, -0.25) is 0 Å². The summed E-state index contributed by atoms with van der Waals surface area (Å²) in [5.41, 5.74) is 10.4. The summed E-state index contributed by atoms with van der Waals surface area (Å²) >= 11 is 0. The predicted molar refractivity (Wildman–Crippen MR) is 67.6 cm³/mol. The number of aromatic nitrogens is 2. The molecule has 0 saturated carbocycles. The summed E-state index contributed by atoms with van der Waals surface area (Å²) in [6.07, 6.45) is 0. The fourth-order valence-corrected chi connectivity index (χ4v) is 1.69. The second-order valence-electron chi connectivity index (χ2n) is 3.82. The number of nitrogens with two attached hydrogens (primary N) is 2. The first-order valence-electron chi connectivity index (χ1n) is 5.50. The maximum atomic E-state index is 13.4. The number of nitrogens with zero attached hydrogens (tertiary/aromatic N) is 3. The zero-order chi connectivity index (χ0) is 15.6. The lowest BCUT2D eigenvalue weighted by atomic mass is 10.1. The summed E-state index contributed by atoms with van der Waals surface area (Å²) in [6, 6.07) is 4.53. The van der Waals surface area contributed by atoms with Gasteiger partial charge >= 0.3 is 6.61 Å². The van der Waals surface area contributed by atoms with Gasteiger partial charge in [0, 0.05) is 5.56 Å². The summed E-state index contributed by atoms with van der Waals surface area (Å²) in [5, 5.41) is 9.06. The largest absolute Gasteiger partial charge is 0.434 e. The Kier molecular flexibility index (Phi) is 3.80. The van der Waals surface area contributed by atoms with Crippen molar-refractivity contribution in [1.82, 2.24) is 9.97 Å². The molecule has 2 rings (SSSR count). The smallest absolute Gasteiger partial charge is 0.387 e. The SMILES string of the molecule is N#Cc1c(N)nc(N)nc1-c1cc(F)ccc1OC(F)F. The molecule has 0 atom stereocenters. The first-order chi connectivity index (χ1) is 9.92. The lowest BCUT2D eigenvalue weighted by molar-refractivity contribution is -0.0495. The molecule has 1 aromatic carbocycles. The average molecular weight is 295 g/mol. The molecule has 0 unspecified atom stereocenters. The molecule has 4 N–H and O–H groups in total. The zero-order valence-corrected chi connectivity index (χ0v) is 10.3. The Hall–Kier alpha value is -3.02. The van der Waals surface area contributed by atoms with Gasteiger partial charge in [-0.1, -0.05) is 0 Å². The van der Waals surface area contributed by atoms with E-state index in [4.69, 9.17) is 16.7 Å². The van der Waals surface area contributed by atoms with E-state index in [1.807, 2.05) is 0 Å². The molecule has 21 heavy (non-hydrogen) atoms. The Balaban J connectivity index is 2.72. The highest BCUT2D eigenvalue weighted by molar-refractivity contribution is 5.77. The van der Waals surface area contributed by atoms with Gasteiger partial charge in [-0.25, -0.2) is 9.37 Å². The van der Waals surface area contributed by atoms with Crippen LogP contribution in [0, 0.1) is 17.1 Å². The highest BCUT2D eigenvalue weighted by atomic mass is 19.3. The maximum absolute atomic E-state index is 13.4. The number of hydrogen-bond donors (Lipinski definition) is 2. The topological polar surface area (TPSA) is 111 Å². The first-order valence-corrected chi connectivity index (χ1v) is 5.50. The second kappa shape index (κ2) is 5.54. The third kappa shape index (κ3) is 2.94. The van der Waals surface area contributed by atoms with Crippen LogP contribution in [0.15, 0.2) is 18.2 Å². The molecule has 0 aliphatic heterocycles. The van der Waals surface area contributed by atoms with E-state index in [0.717, 1.165) is 18.2 Å². The minimum absolute atomic E-state index is 0.173. The van der Waals surface area contributed by atoms with Crippen molar-refractivity contribution >= 4 is 11.8 Å². The van der Waals surface area contributed by atoms with Crippen molar-refractivity contribution in [2.45, 2.75) is 6.61 Å². The molecule has 0 aliphatic carbocycles. The average Bonchev–Trinajstić information content (AvgIpc) is 2.39. The van der Waals surface area contributed by atoms with E-state index in [1.54, 1.807) is 6.07 Å². The number of hydrogen-bond acceptors (Lipinski definition) is 6. The van der Waals surface area contributed by atoms with Crippen molar-refractivity contribution in [2.75, 3.05) is 11.5 Å². The van der Waals surface area contributed by atoms with Gasteiger partial charge in [0.2, 0.25) is 5.95 Å². The number of rotatable bonds is 3. The Morgan fingerprint density at radius 1 is 1.24 bits per heavy atom. The van der Waals surface area contributed by atoms with Crippen LogP contribution in [-0.2, 0) is 0 Å². The standard InChI is InChI=1S/C12H8F3N5O/c13-5-1-2-8(21-11(14)15)6(3-5)9-7(4-16)10(17)20-12(18)19-9/h1-3,11H,(H4,17,18,19,20). The van der Waals surface area contributed by atoms with Crippen molar-refractivity contribution in [2.24, 2.45) is 0 Å². The van der Waals surface area contributed by atoms with Crippen LogP contribution in [0.2, 0.25) is 0 Å². The van der Waals surface area contributed by atoms with Crippen LogP contribution in [0.4, 0.5) is 24.9 Å². The zero-order valence-electron chi connectivity index (χ0n) is 10.3. The van der Waals surface area contributed by atoms with Crippen LogP contribution in [0.1, 0.15) is 5.56 Å². The van der Waals surface area contributed by atoms with Gasteiger partial charge < -0.3 is 16.2 Å². The number of alkyl halides is 2. The van der Waals surface area contributed by atoms with Gasteiger partial charge in [0.05, 0.1) is 5.69 Å². The van der Waals surface area contributed by atoms with Gasteiger partial charge in [-0.15, -0.1) is 0 Å². The van der Waals surface area contributed by atoms with Crippen LogP contribution < -0.4 is 16.2 Å². The molecule has 0 amide bonds. The summed E-state index contributed by atoms with van der Waals surface area (Å²) in [4.78, 5) is 7.34. The molecule has 0 bridgehead atoms. The molecule has 6 nitrogen and oxygen atoms in total. The van der Waals surface area contributed by atoms with Crippen molar-refractivity contribution in [1.29, 1.82) is 5.26 Å². The van der Waals surface area contributed by atoms with Gasteiger partial charge in [0.1, 0.15) is 29.0 Å². The van der Waals surface area contributed by atoms with E-state index < -0.39 is 12.4 Å². The lowest BCUT2D eigenvalue weighted by Gasteiger charge is -2.12. The van der Waals surface area contributed by atoms with E-state index in [1.165, 1.54) is 0 Å². The molecule has 0 spiro atoms. The number of nitriles is 1. The number of ether oxygens (including phenoxy) is 1. The van der Waals surface area contributed by atoms with Crippen LogP contribution in [0.25, 0.3) is 11.3 Å². The highest BCUT2D eigenvalue weighted by Gasteiger charge is 2.19. The number of anilines is 2. The fourth-order valence-electron chi connectivity index (χ4n) is 1.69. The molecule has 1 aromatic heterocycles. The van der Waals surface area contributed by atoms with Gasteiger partial charge in [0.25, 0.3) is 0 Å². The highest BCUT2D eigenvalue weighted by Crippen LogP contribution is 2.34. The van der Waals surface area contributed by atoms with Crippen LogP contribution >= 0.6 is 0 Å². The number of halogens is 3. The number of benzene rings is 1. The van der Waals surface area contributed by atoms with E-state index >= 15 is 0 Å². The monoisotopic (exact) mass is 295 g/mol. The Bertz CT molecular complexity index is 730. The van der Waals surface area contributed by atoms with Crippen LogP contribution in [0.3, 0.4) is 0 Å². The van der Waals surface area contributed by atoms with E-state index in [9.17, 15) is 13.2 Å². The summed E-state index contributed by atoms with van der Waals surface area (Å²) in [7, 11) is 0. The fraction of sp³-hybridized carbons (Fsp3) is 0.0833. The summed E-state index contributed by atoms with van der Waals surface area (Å²) in [6.45, 7) is -3.13. The third-order valence-corrected chi connectivity index (χ3v) is 2.48. The number of nitrogen functional groups attached to an aromatic ring is 2. The van der Waals surface area contributed by atoms with Crippen molar-refractivity contribution in [3.05, 3.63) is 29.6 Å². The van der Waals surface area contributed by atoms with E-state index in [2.05, 4.69) is 14.7 Å². The Morgan fingerprint density at radius 2 is 1.95 bits per heavy atom. The molecule has 0 saturated heterocycles. The van der Waals surface area contributed by atoms with Gasteiger partial charge in [-0.05, 0) is 18.2 Å². The van der Waals surface area contributed by atoms with E-state index in [0.29, 0.717) is 0 Å². The maximum Gasteiger partial charge on any atom is 0.387 e. The van der Waals surface area contributed by atoms with Gasteiger partial charge in [-0.2, -0.15) is 19.0 Å². The van der Waals surface area contributed by atoms with Crippen LogP contribution in [-0.4, -0.2) is 16.6 Å². The molecule has 0 fully saturated rings. The normalized spacial score (nSPS) is 10.4. The molecule has 9 heteroatoms. The van der Waals surface area contributed by atoms with Crippen molar-refractivity contribution in [3.63, 3.8) is 0 Å². The molecule has 0 radical (unpaired) electrons. The minimum atomic E-state index is -3.13. The summed E-state index contributed by atoms with van der Waals surface area (Å²) < 4.78 is 42.4. The molecule has 2 aromatic rings. The molecular weight excluding hydrogens is 287 g/mol. The third-order valence-electron chi connectivity index (χ3n) is 2.48. The second-order valence-corrected chi connectivity index (χ2v) is 3.82. The molecule has 0 aliphatic rings. The quantitative estimate of drug-likeness (QED) is 0.894. The Morgan fingerprint density at radius 3 is 2.57 bits per heavy atom.